The summed E-state index contributed by atoms with van der Waals surface area (Å²) in [6, 6.07) is 5.15. The second-order valence-corrected chi connectivity index (χ2v) is 3.47. The molecule has 2 nitrogen and oxygen atoms in total. The van der Waals surface area contributed by atoms with E-state index < -0.39 is 0 Å². The Hall–Kier alpha value is -0.930. The maximum absolute atomic E-state index is 13.3. The quantitative estimate of drug-likeness (QED) is 0.729. The first-order valence-electron chi connectivity index (χ1n) is 5.27. The largest absolute Gasteiger partial charge is 0.380 e. The Morgan fingerprint density at radius 2 is 2.20 bits per heavy atom. The minimum atomic E-state index is -0.149. The van der Waals surface area contributed by atoms with Crippen molar-refractivity contribution in [2.45, 2.75) is 20.4 Å². The molecule has 0 radical (unpaired) electrons. The number of ether oxygens (including phenoxy) is 1. The van der Waals surface area contributed by atoms with Gasteiger partial charge in [-0.15, -0.1) is 0 Å². The number of aryl methyl sites for hydroxylation is 1. The molecule has 84 valence electrons. The normalized spacial score (nSPS) is 10.6. The molecular formula is C12H18FNO. The van der Waals surface area contributed by atoms with Crippen molar-refractivity contribution in [2.75, 3.05) is 19.8 Å². The summed E-state index contributed by atoms with van der Waals surface area (Å²) in [6.07, 6.45) is 0. The predicted molar refractivity (Wildman–Crippen MR) is 59.3 cm³/mol. The molecule has 0 saturated carbocycles. The Morgan fingerprint density at radius 3 is 2.93 bits per heavy atom. The lowest BCUT2D eigenvalue weighted by Crippen LogP contribution is -2.19. The topological polar surface area (TPSA) is 21.3 Å². The van der Waals surface area contributed by atoms with E-state index in [0.717, 1.165) is 18.7 Å². The zero-order valence-corrected chi connectivity index (χ0v) is 9.35. The molecule has 1 N–H and O–H groups in total. The summed E-state index contributed by atoms with van der Waals surface area (Å²) >= 11 is 0. The van der Waals surface area contributed by atoms with E-state index in [0.29, 0.717) is 18.7 Å². The Kier molecular flexibility index (Phi) is 5.29. The number of rotatable bonds is 6. The van der Waals surface area contributed by atoms with Crippen molar-refractivity contribution < 1.29 is 9.13 Å². The molecule has 0 fully saturated rings. The van der Waals surface area contributed by atoms with E-state index in [1.165, 1.54) is 6.07 Å². The van der Waals surface area contributed by atoms with Crippen LogP contribution in [0.1, 0.15) is 18.1 Å². The van der Waals surface area contributed by atoms with Gasteiger partial charge in [-0.2, -0.15) is 0 Å². The predicted octanol–water partition coefficient (Wildman–Crippen LogP) is 2.26. The monoisotopic (exact) mass is 211 g/mol. The number of benzene rings is 1. The first-order chi connectivity index (χ1) is 7.24. The van der Waals surface area contributed by atoms with Crippen LogP contribution < -0.4 is 5.32 Å². The fraction of sp³-hybridized carbons (Fsp3) is 0.500. The molecule has 0 aliphatic carbocycles. The van der Waals surface area contributed by atoms with Crippen LogP contribution in [0, 0.1) is 12.7 Å². The van der Waals surface area contributed by atoms with Crippen LogP contribution in [-0.4, -0.2) is 19.8 Å². The van der Waals surface area contributed by atoms with Crippen molar-refractivity contribution in [3.05, 3.63) is 35.1 Å². The van der Waals surface area contributed by atoms with Crippen LogP contribution in [0.4, 0.5) is 4.39 Å². The van der Waals surface area contributed by atoms with Gasteiger partial charge in [-0.25, -0.2) is 4.39 Å². The van der Waals surface area contributed by atoms with Gasteiger partial charge in [-0.1, -0.05) is 17.7 Å². The lowest BCUT2D eigenvalue weighted by atomic mass is 10.1. The molecule has 1 aromatic carbocycles. The highest BCUT2D eigenvalue weighted by molar-refractivity contribution is 5.23. The Bertz CT molecular complexity index is 302. The van der Waals surface area contributed by atoms with E-state index in [9.17, 15) is 4.39 Å². The molecule has 0 amide bonds. The van der Waals surface area contributed by atoms with Crippen LogP contribution in [0.15, 0.2) is 18.2 Å². The van der Waals surface area contributed by atoms with Crippen LogP contribution in [-0.2, 0) is 11.3 Å². The second kappa shape index (κ2) is 6.53. The van der Waals surface area contributed by atoms with Crippen LogP contribution in [0.5, 0.6) is 0 Å². The first-order valence-corrected chi connectivity index (χ1v) is 5.27. The molecular weight excluding hydrogens is 193 g/mol. The molecule has 3 heteroatoms. The van der Waals surface area contributed by atoms with Crippen molar-refractivity contribution in [1.29, 1.82) is 0 Å². The minimum Gasteiger partial charge on any atom is -0.380 e. The average Bonchev–Trinajstić information content (AvgIpc) is 2.23. The molecule has 1 aromatic rings. The van der Waals surface area contributed by atoms with Crippen molar-refractivity contribution >= 4 is 0 Å². The molecule has 15 heavy (non-hydrogen) atoms. The minimum absolute atomic E-state index is 0.149. The molecule has 0 heterocycles. The molecule has 1 rings (SSSR count). The second-order valence-electron chi connectivity index (χ2n) is 3.47. The lowest BCUT2D eigenvalue weighted by Gasteiger charge is -2.06. The van der Waals surface area contributed by atoms with Crippen molar-refractivity contribution in [3.63, 3.8) is 0 Å². The van der Waals surface area contributed by atoms with Crippen molar-refractivity contribution in [1.82, 2.24) is 5.32 Å². The molecule has 0 aliphatic rings. The number of halogens is 1. The highest BCUT2D eigenvalue weighted by Crippen LogP contribution is 2.09. The van der Waals surface area contributed by atoms with Gasteiger partial charge < -0.3 is 10.1 Å². The molecule has 0 spiro atoms. The van der Waals surface area contributed by atoms with E-state index in [4.69, 9.17) is 4.74 Å². The average molecular weight is 211 g/mol. The van der Waals surface area contributed by atoms with E-state index in [2.05, 4.69) is 5.32 Å². The standard InChI is InChI=1S/C12H18FNO/c1-3-15-7-6-14-9-11-8-10(2)4-5-12(11)13/h4-5,8,14H,3,6-7,9H2,1-2H3. The van der Waals surface area contributed by atoms with Gasteiger partial charge in [0.2, 0.25) is 0 Å². The number of hydrogen-bond donors (Lipinski definition) is 1. The highest BCUT2D eigenvalue weighted by Gasteiger charge is 2.00. The van der Waals surface area contributed by atoms with E-state index in [1.807, 2.05) is 19.9 Å². The third-order valence-electron chi connectivity index (χ3n) is 2.14. The zero-order valence-electron chi connectivity index (χ0n) is 9.35. The summed E-state index contributed by atoms with van der Waals surface area (Å²) in [5.41, 5.74) is 1.80. The third kappa shape index (κ3) is 4.40. The van der Waals surface area contributed by atoms with Crippen LogP contribution >= 0.6 is 0 Å². The van der Waals surface area contributed by atoms with Gasteiger partial charge in [0.15, 0.2) is 0 Å². The number of nitrogens with one attached hydrogen (secondary N) is 1. The zero-order chi connectivity index (χ0) is 11.1. The Balaban J connectivity index is 2.33. The summed E-state index contributed by atoms with van der Waals surface area (Å²) in [4.78, 5) is 0. The smallest absolute Gasteiger partial charge is 0.127 e. The van der Waals surface area contributed by atoms with Crippen LogP contribution in [0.25, 0.3) is 0 Å². The first kappa shape index (κ1) is 12.1. The summed E-state index contributed by atoms with van der Waals surface area (Å²) in [7, 11) is 0. The van der Waals surface area contributed by atoms with Gasteiger partial charge >= 0.3 is 0 Å². The van der Waals surface area contributed by atoms with E-state index >= 15 is 0 Å². The maximum atomic E-state index is 13.3. The van der Waals surface area contributed by atoms with Gasteiger partial charge in [0.25, 0.3) is 0 Å². The van der Waals surface area contributed by atoms with E-state index in [1.54, 1.807) is 6.07 Å². The van der Waals surface area contributed by atoms with Crippen molar-refractivity contribution in [2.24, 2.45) is 0 Å². The number of hydrogen-bond acceptors (Lipinski definition) is 2. The SMILES string of the molecule is CCOCCNCc1cc(C)ccc1F. The Labute approximate surface area is 90.4 Å². The molecule has 0 saturated heterocycles. The summed E-state index contributed by atoms with van der Waals surface area (Å²) in [6.45, 7) is 6.62. The molecule has 0 atom stereocenters. The summed E-state index contributed by atoms with van der Waals surface area (Å²) in [5.74, 6) is -0.149. The van der Waals surface area contributed by atoms with Crippen LogP contribution in [0.3, 0.4) is 0 Å². The summed E-state index contributed by atoms with van der Waals surface area (Å²) in [5, 5.41) is 3.14. The molecule has 0 aromatic heterocycles. The molecule has 0 bridgehead atoms. The third-order valence-corrected chi connectivity index (χ3v) is 2.14. The van der Waals surface area contributed by atoms with Crippen molar-refractivity contribution in [3.8, 4) is 0 Å². The van der Waals surface area contributed by atoms with Gasteiger partial charge in [0.05, 0.1) is 6.61 Å². The van der Waals surface area contributed by atoms with Gasteiger partial charge in [-0.05, 0) is 19.9 Å². The Morgan fingerprint density at radius 1 is 1.40 bits per heavy atom. The van der Waals surface area contributed by atoms with Gasteiger partial charge in [0, 0.05) is 25.3 Å². The molecule has 0 aliphatic heterocycles. The maximum Gasteiger partial charge on any atom is 0.127 e. The highest BCUT2D eigenvalue weighted by atomic mass is 19.1. The van der Waals surface area contributed by atoms with Gasteiger partial charge in [-0.3, -0.25) is 0 Å². The molecule has 0 unspecified atom stereocenters. The summed E-state index contributed by atoms with van der Waals surface area (Å²) < 4.78 is 18.4. The lowest BCUT2D eigenvalue weighted by molar-refractivity contribution is 0.149. The van der Waals surface area contributed by atoms with Gasteiger partial charge in [0.1, 0.15) is 5.82 Å². The fourth-order valence-electron chi connectivity index (χ4n) is 1.35. The fourth-order valence-corrected chi connectivity index (χ4v) is 1.35. The van der Waals surface area contributed by atoms with Crippen LogP contribution in [0.2, 0.25) is 0 Å². The van der Waals surface area contributed by atoms with E-state index in [-0.39, 0.29) is 5.82 Å².